The van der Waals surface area contributed by atoms with E-state index in [9.17, 15) is 4.79 Å². The van der Waals surface area contributed by atoms with Crippen LogP contribution in [0, 0.1) is 6.92 Å². The third kappa shape index (κ3) is 2.91. The SMILES string of the molecule is Cc1ccccc1[C@@H](C)CC(=O)N1CC[C@H](N)C1. The molecule has 2 atom stereocenters. The number of rotatable bonds is 3. The fourth-order valence-corrected chi connectivity index (χ4v) is 2.65. The molecule has 0 aliphatic carbocycles. The summed E-state index contributed by atoms with van der Waals surface area (Å²) in [5.74, 6) is 0.509. The number of carbonyl (C=O) groups is 1. The molecule has 3 heteroatoms. The summed E-state index contributed by atoms with van der Waals surface area (Å²) in [5.41, 5.74) is 8.37. The van der Waals surface area contributed by atoms with Crippen LogP contribution in [0.15, 0.2) is 24.3 Å². The van der Waals surface area contributed by atoms with Crippen LogP contribution in [0.1, 0.15) is 36.8 Å². The van der Waals surface area contributed by atoms with Crippen LogP contribution in [0.25, 0.3) is 0 Å². The molecule has 1 aliphatic heterocycles. The molecule has 1 saturated heterocycles. The standard InChI is InChI=1S/C15H22N2O/c1-11-5-3-4-6-14(11)12(2)9-15(18)17-8-7-13(16)10-17/h3-6,12-13H,7-10,16H2,1-2H3/t12-,13-/m0/s1. The average Bonchev–Trinajstić information content (AvgIpc) is 2.76. The van der Waals surface area contributed by atoms with Crippen LogP contribution in [0.3, 0.4) is 0 Å². The smallest absolute Gasteiger partial charge is 0.223 e. The minimum absolute atomic E-state index is 0.169. The average molecular weight is 246 g/mol. The minimum Gasteiger partial charge on any atom is -0.341 e. The molecule has 1 aromatic rings. The molecule has 0 saturated carbocycles. The van der Waals surface area contributed by atoms with E-state index in [0.29, 0.717) is 6.42 Å². The van der Waals surface area contributed by atoms with Gasteiger partial charge in [-0.2, -0.15) is 0 Å². The van der Waals surface area contributed by atoms with Gasteiger partial charge in [0.05, 0.1) is 0 Å². The van der Waals surface area contributed by atoms with E-state index in [2.05, 4.69) is 26.0 Å². The molecule has 0 bridgehead atoms. The molecule has 2 rings (SSSR count). The van der Waals surface area contributed by atoms with E-state index in [-0.39, 0.29) is 17.9 Å². The molecular weight excluding hydrogens is 224 g/mol. The Morgan fingerprint density at radius 3 is 2.83 bits per heavy atom. The fourth-order valence-electron chi connectivity index (χ4n) is 2.65. The van der Waals surface area contributed by atoms with Gasteiger partial charge in [0.25, 0.3) is 0 Å². The highest BCUT2D eigenvalue weighted by atomic mass is 16.2. The van der Waals surface area contributed by atoms with Crippen LogP contribution in [0.5, 0.6) is 0 Å². The Hall–Kier alpha value is -1.35. The van der Waals surface area contributed by atoms with Crippen LogP contribution in [-0.2, 0) is 4.79 Å². The van der Waals surface area contributed by atoms with Gasteiger partial charge in [-0.05, 0) is 30.4 Å². The zero-order valence-corrected chi connectivity index (χ0v) is 11.2. The molecule has 1 amide bonds. The van der Waals surface area contributed by atoms with Crippen molar-refractivity contribution in [1.29, 1.82) is 0 Å². The molecule has 2 N–H and O–H groups in total. The molecule has 1 aliphatic rings. The number of benzene rings is 1. The summed E-state index contributed by atoms with van der Waals surface area (Å²) in [7, 11) is 0. The number of hydrogen-bond acceptors (Lipinski definition) is 2. The van der Waals surface area contributed by atoms with Gasteiger partial charge in [-0.1, -0.05) is 31.2 Å². The Morgan fingerprint density at radius 1 is 1.50 bits per heavy atom. The Kier molecular flexibility index (Phi) is 4.02. The lowest BCUT2D eigenvalue weighted by Gasteiger charge is -2.20. The molecule has 0 radical (unpaired) electrons. The molecule has 3 nitrogen and oxygen atoms in total. The molecule has 1 aromatic carbocycles. The summed E-state index contributed by atoms with van der Waals surface area (Å²) < 4.78 is 0. The van der Waals surface area contributed by atoms with Gasteiger partial charge in [-0.15, -0.1) is 0 Å². The van der Waals surface area contributed by atoms with E-state index in [4.69, 9.17) is 5.73 Å². The van der Waals surface area contributed by atoms with E-state index in [1.165, 1.54) is 11.1 Å². The summed E-state index contributed by atoms with van der Waals surface area (Å²) in [5, 5.41) is 0. The quantitative estimate of drug-likeness (QED) is 0.887. The monoisotopic (exact) mass is 246 g/mol. The first-order valence-electron chi connectivity index (χ1n) is 6.67. The van der Waals surface area contributed by atoms with Gasteiger partial charge in [-0.3, -0.25) is 4.79 Å². The molecule has 0 spiro atoms. The summed E-state index contributed by atoms with van der Waals surface area (Å²) in [4.78, 5) is 14.1. The van der Waals surface area contributed by atoms with Crippen molar-refractivity contribution in [3.63, 3.8) is 0 Å². The second-order valence-corrected chi connectivity index (χ2v) is 5.35. The van der Waals surface area contributed by atoms with E-state index in [1.807, 2.05) is 17.0 Å². The van der Waals surface area contributed by atoms with Crippen LogP contribution in [0.2, 0.25) is 0 Å². The van der Waals surface area contributed by atoms with Crippen LogP contribution in [-0.4, -0.2) is 29.9 Å². The van der Waals surface area contributed by atoms with Crippen LogP contribution >= 0.6 is 0 Å². The van der Waals surface area contributed by atoms with E-state index < -0.39 is 0 Å². The van der Waals surface area contributed by atoms with E-state index in [0.717, 1.165) is 19.5 Å². The maximum absolute atomic E-state index is 12.2. The highest BCUT2D eigenvalue weighted by Crippen LogP contribution is 2.23. The zero-order chi connectivity index (χ0) is 13.1. The number of hydrogen-bond donors (Lipinski definition) is 1. The lowest BCUT2D eigenvalue weighted by molar-refractivity contribution is -0.130. The van der Waals surface area contributed by atoms with Gasteiger partial charge in [0.1, 0.15) is 0 Å². The Labute approximate surface area is 109 Å². The predicted molar refractivity (Wildman–Crippen MR) is 73.4 cm³/mol. The number of amides is 1. The van der Waals surface area contributed by atoms with Crippen molar-refractivity contribution in [2.45, 2.75) is 38.6 Å². The fraction of sp³-hybridized carbons (Fsp3) is 0.533. The molecule has 18 heavy (non-hydrogen) atoms. The molecule has 1 heterocycles. The summed E-state index contributed by atoms with van der Waals surface area (Å²) >= 11 is 0. The number of aryl methyl sites for hydroxylation is 1. The van der Waals surface area contributed by atoms with Gasteiger partial charge in [0.2, 0.25) is 5.91 Å². The lowest BCUT2D eigenvalue weighted by atomic mass is 9.93. The van der Waals surface area contributed by atoms with Crippen LogP contribution < -0.4 is 5.73 Å². The van der Waals surface area contributed by atoms with Gasteiger partial charge in [0.15, 0.2) is 0 Å². The van der Waals surface area contributed by atoms with E-state index >= 15 is 0 Å². The second-order valence-electron chi connectivity index (χ2n) is 5.35. The largest absolute Gasteiger partial charge is 0.341 e. The van der Waals surface area contributed by atoms with Crippen LogP contribution in [0.4, 0.5) is 0 Å². The van der Waals surface area contributed by atoms with Gasteiger partial charge in [0, 0.05) is 25.6 Å². The third-order valence-corrected chi connectivity index (χ3v) is 3.78. The second kappa shape index (κ2) is 5.53. The molecule has 1 fully saturated rings. The normalized spacial score (nSPS) is 21.1. The Bertz CT molecular complexity index is 430. The van der Waals surface area contributed by atoms with Crippen molar-refractivity contribution in [3.8, 4) is 0 Å². The van der Waals surface area contributed by atoms with Crippen molar-refractivity contribution in [3.05, 3.63) is 35.4 Å². The van der Waals surface area contributed by atoms with Crippen molar-refractivity contribution in [1.82, 2.24) is 4.90 Å². The topological polar surface area (TPSA) is 46.3 Å². The molecular formula is C15H22N2O. The maximum atomic E-state index is 12.2. The van der Waals surface area contributed by atoms with Crippen molar-refractivity contribution < 1.29 is 4.79 Å². The number of nitrogens with zero attached hydrogens (tertiary/aromatic N) is 1. The first kappa shape index (κ1) is 13.1. The van der Waals surface area contributed by atoms with Gasteiger partial charge < -0.3 is 10.6 Å². The minimum atomic E-state index is 0.169. The lowest BCUT2D eigenvalue weighted by Crippen LogP contribution is -2.32. The number of carbonyl (C=O) groups excluding carboxylic acids is 1. The first-order chi connectivity index (χ1) is 8.58. The first-order valence-corrected chi connectivity index (χ1v) is 6.67. The zero-order valence-electron chi connectivity index (χ0n) is 11.2. The Morgan fingerprint density at radius 2 is 2.22 bits per heavy atom. The van der Waals surface area contributed by atoms with Crippen molar-refractivity contribution >= 4 is 5.91 Å². The van der Waals surface area contributed by atoms with E-state index in [1.54, 1.807) is 0 Å². The van der Waals surface area contributed by atoms with Crippen molar-refractivity contribution in [2.24, 2.45) is 5.73 Å². The predicted octanol–water partition coefficient (Wildman–Crippen LogP) is 2.05. The number of nitrogens with two attached hydrogens (primary N) is 1. The van der Waals surface area contributed by atoms with Crippen molar-refractivity contribution in [2.75, 3.05) is 13.1 Å². The number of likely N-dealkylation sites (tertiary alicyclic amines) is 1. The highest BCUT2D eigenvalue weighted by molar-refractivity contribution is 5.77. The van der Waals surface area contributed by atoms with Gasteiger partial charge in [-0.25, -0.2) is 0 Å². The van der Waals surface area contributed by atoms with Gasteiger partial charge >= 0.3 is 0 Å². The molecule has 0 unspecified atom stereocenters. The summed E-state index contributed by atoms with van der Waals surface area (Å²) in [6, 6.07) is 8.45. The third-order valence-electron chi connectivity index (χ3n) is 3.78. The molecule has 98 valence electrons. The Balaban J connectivity index is 1.97. The maximum Gasteiger partial charge on any atom is 0.223 e. The summed E-state index contributed by atoms with van der Waals surface area (Å²) in [6.45, 7) is 5.76. The molecule has 0 aromatic heterocycles. The highest BCUT2D eigenvalue weighted by Gasteiger charge is 2.25. The summed E-state index contributed by atoms with van der Waals surface area (Å²) in [6.07, 6.45) is 1.52.